The van der Waals surface area contributed by atoms with E-state index in [-0.39, 0.29) is 6.04 Å². The SMILES string of the molecule is CC(C)N1CCN(c2ccc([C@@H](N)c3ccccc3)cn2)CC1. The molecule has 4 nitrogen and oxygen atoms in total. The van der Waals surface area contributed by atoms with Crippen LogP contribution in [0.4, 0.5) is 5.82 Å². The van der Waals surface area contributed by atoms with Crippen molar-refractivity contribution in [3.05, 3.63) is 59.8 Å². The van der Waals surface area contributed by atoms with Crippen molar-refractivity contribution in [2.45, 2.75) is 25.9 Å². The molecule has 2 N–H and O–H groups in total. The molecule has 4 heteroatoms. The van der Waals surface area contributed by atoms with E-state index in [1.165, 1.54) is 0 Å². The zero-order chi connectivity index (χ0) is 16.2. The molecule has 1 aliphatic rings. The largest absolute Gasteiger partial charge is 0.354 e. The molecule has 2 aromatic rings. The monoisotopic (exact) mass is 310 g/mol. The van der Waals surface area contributed by atoms with Gasteiger partial charge in [0, 0.05) is 38.4 Å². The average molecular weight is 310 g/mol. The number of pyridine rings is 1. The molecule has 1 fully saturated rings. The number of anilines is 1. The van der Waals surface area contributed by atoms with Gasteiger partial charge in [-0.1, -0.05) is 36.4 Å². The first kappa shape index (κ1) is 16.0. The van der Waals surface area contributed by atoms with E-state index in [2.05, 4.69) is 52.9 Å². The Balaban J connectivity index is 1.66. The number of aromatic nitrogens is 1. The van der Waals surface area contributed by atoms with Gasteiger partial charge in [0.15, 0.2) is 0 Å². The van der Waals surface area contributed by atoms with Crippen LogP contribution < -0.4 is 10.6 Å². The number of hydrogen-bond donors (Lipinski definition) is 1. The second kappa shape index (κ2) is 7.11. The summed E-state index contributed by atoms with van der Waals surface area (Å²) >= 11 is 0. The van der Waals surface area contributed by atoms with Crippen molar-refractivity contribution in [2.75, 3.05) is 31.1 Å². The molecular weight excluding hydrogens is 284 g/mol. The zero-order valence-corrected chi connectivity index (χ0v) is 14.0. The van der Waals surface area contributed by atoms with Crippen LogP contribution in [0.15, 0.2) is 48.7 Å². The molecule has 1 atom stereocenters. The number of nitrogens with two attached hydrogens (primary N) is 1. The van der Waals surface area contributed by atoms with Gasteiger partial charge in [0.25, 0.3) is 0 Å². The lowest BCUT2D eigenvalue weighted by atomic mass is 10.0. The third kappa shape index (κ3) is 3.71. The van der Waals surface area contributed by atoms with Crippen LogP contribution >= 0.6 is 0 Å². The van der Waals surface area contributed by atoms with Crippen LogP contribution in [0.1, 0.15) is 31.0 Å². The highest BCUT2D eigenvalue weighted by Crippen LogP contribution is 2.21. The van der Waals surface area contributed by atoms with Gasteiger partial charge in [-0.2, -0.15) is 0 Å². The molecule has 23 heavy (non-hydrogen) atoms. The highest BCUT2D eigenvalue weighted by molar-refractivity contribution is 5.42. The van der Waals surface area contributed by atoms with E-state index in [1.807, 2.05) is 24.4 Å². The summed E-state index contributed by atoms with van der Waals surface area (Å²) in [5.74, 6) is 1.05. The molecule has 0 amide bonds. The van der Waals surface area contributed by atoms with Gasteiger partial charge >= 0.3 is 0 Å². The fourth-order valence-corrected chi connectivity index (χ4v) is 3.09. The van der Waals surface area contributed by atoms with Crippen molar-refractivity contribution in [3.8, 4) is 0 Å². The van der Waals surface area contributed by atoms with E-state index in [1.54, 1.807) is 0 Å². The fourth-order valence-electron chi connectivity index (χ4n) is 3.09. The predicted octanol–water partition coefficient (Wildman–Crippen LogP) is 2.66. The summed E-state index contributed by atoms with van der Waals surface area (Å²) in [7, 11) is 0. The lowest BCUT2D eigenvalue weighted by Gasteiger charge is -2.37. The predicted molar refractivity (Wildman–Crippen MR) is 95.6 cm³/mol. The maximum absolute atomic E-state index is 6.34. The Morgan fingerprint density at radius 2 is 1.61 bits per heavy atom. The van der Waals surface area contributed by atoms with Gasteiger partial charge in [0.1, 0.15) is 5.82 Å². The van der Waals surface area contributed by atoms with Gasteiger partial charge in [-0.05, 0) is 31.0 Å². The number of piperazine rings is 1. The average Bonchev–Trinajstić information content (AvgIpc) is 2.62. The quantitative estimate of drug-likeness (QED) is 0.943. The minimum Gasteiger partial charge on any atom is -0.354 e. The first-order chi connectivity index (χ1) is 11.1. The summed E-state index contributed by atoms with van der Waals surface area (Å²) in [6.07, 6.45) is 1.92. The van der Waals surface area contributed by atoms with Gasteiger partial charge in [0.05, 0.1) is 6.04 Å². The Kier molecular flexibility index (Phi) is 4.94. The van der Waals surface area contributed by atoms with Gasteiger partial charge in [-0.15, -0.1) is 0 Å². The smallest absolute Gasteiger partial charge is 0.128 e. The highest BCUT2D eigenvalue weighted by Gasteiger charge is 2.19. The fraction of sp³-hybridized carbons (Fsp3) is 0.421. The first-order valence-corrected chi connectivity index (χ1v) is 8.40. The van der Waals surface area contributed by atoms with Crippen molar-refractivity contribution in [2.24, 2.45) is 5.73 Å². The van der Waals surface area contributed by atoms with E-state index >= 15 is 0 Å². The summed E-state index contributed by atoms with van der Waals surface area (Å²) in [6.45, 7) is 8.79. The van der Waals surface area contributed by atoms with Crippen molar-refractivity contribution in [1.82, 2.24) is 9.88 Å². The Bertz CT molecular complexity index is 601. The summed E-state index contributed by atoms with van der Waals surface area (Å²) in [5.41, 5.74) is 8.51. The molecule has 1 aliphatic heterocycles. The van der Waals surface area contributed by atoms with Crippen LogP contribution in [0.5, 0.6) is 0 Å². The van der Waals surface area contributed by atoms with Crippen LogP contribution in [-0.2, 0) is 0 Å². The van der Waals surface area contributed by atoms with Crippen molar-refractivity contribution < 1.29 is 0 Å². The molecule has 0 saturated carbocycles. The van der Waals surface area contributed by atoms with Gasteiger partial charge in [-0.3, -0.25) is 4.90 Å². The summed E-state index contributed by atoms with van der Waals surface area (Å²) in [6, 6.07) is 14.9. The Labute approximate surface area is 138 Å². The third-order valence-electron chi connectivity index (χ3n) is 4.66. The van der Waals surface area contributed by atoms with Crippen LogP contribution in [-0.4, -0.2) is 42.1 Å². The second-order valence-electron chi connectivity index (χ2n) is 6.45. The van der Waals surface area contributed by atoms with Crippen molar-refractivity contribution in [3.63, 3.8) is 0 Å². The van der Waals surface area contributed by atoms with Crippen molar-refractivity contribution >= 4 is 5.82 Å². The lowest BCUT2D eigenvalue weighted by molar-refractivity contribution is 0.209. The molecule has 0 aliphatic carbocycles. The number of nitrogens with zero attached hydrogens (tertiary/aromatic N) is 3. The molecule has 0 radical (unpaired) electrons. The molecule has 1 saturated heterocycles. The molecule has 0 spiro atoms. The van der Waals surface area contributed by atoms with E-state index in [4.69, 9.17) is 5.73 Å². The Hall–Kier alpha value is -1.91. The van der Waals surface area contributed by atoms with Crippen LogP contribution in [0.2, 0.25) is 0 Å². The summed E-state index contributed by atoms with van der Waals surface area (Å²) in [4.78, 5) is 9.51. The Morgan fingerprint density at radius 3 is 2.17 bits per heavy atom. The number of rotatable bonds is 4. The van der Waals surface area contributed by atoms with Gasteiger partial charge < -0.3 is 10.6 Å². The van der Waals surface area contributed by atoms with Crippen molar-refractivity contribution in [1.29, 1.82) is 0 Å². The third-order valence-corrected chi connectivity index (χ3v) is 4.66. The molecule has 1 aromatic carbocycles. The molecule has 1 aromatic heterocycles. The molecule has 0 unspecified atom stereocenters. The van der Waals surface area contributed by atoms with E-state index in [0.29, 0.717) is 6.04 Å². The topological polar surface area (TPSA) is 45.4 Å². The van der Waals surface area contributed by atoms with E-state index in [0.717, 1.165) is 43.1 Å². The van der Waals surface area contributed by atoms with E-state index < -0.39 is 0 Å². The molecule has 122 valence electrons. The van der Waals surface area contributed by atoms with Crippen LogP contribution in [0, 0.1) is 0 Å². The number of hydrogen-bond acceptors (Lipinski definition) is 4. The molecule has 0 bridgehead atoms. The molecule has 2 heterocycles. The highest BCUT2D eigenvalue weighted by atomic mass is 15.3. The van der Waals surface area contributed by atoms with Crippen LogP contribution in [0.3, 0.4) is 0 Å². The standard InChI is InChI=1S/C19H26N4/c1-15(2)22-10-12-23(13-11-22)18-9-8-17(14-21-18)19(20)16-6-4-3-5-7-16/h3-9,14-15,19H,10-13,20H2,1-2H3/t19-/m0/s1. The maximum Gasteiger partial charge on any atom is 0.128 e. The molecule has 3 rings (SSSR count). The van der Waals surface area contributed by atoms with E-state index in [9.17, 15) is 0 Å². The maximum atomic E-state index is 6.34. The summed E-state index contributed by atoms with van der Waals surface area (Å²) in [5, 5.41) is 0. The van der Waals surface area contributed by atoms with Gasteiger partial charge in [0.2, 0.25) is 0 Å². The first-order valence-electron chi connectivity index (χ1n) is 8.40. The normalized spacial score (nSPS) is 17.5. The minimum atomic E-state index is -0.115. The van der Waals surface area contributed by atoms with Crippen LogP contribution in [0.25, 0.3) is 0 Å². The molecular formula is C19H26N4. The summed E-state index contributed by atoms with van der Waals surface area (Å²) < 4.78 is 0. The zero-order valence-electron chi connectivity index (χ0n) is 14.0. The number of benzene rings is 1. The lowest BCUT2D eigenvalue weighted by Crippen LogP contribution is -2.49. The Morgan fingerprint density at radius 1 is 0.913 bits per heavy atom. The minimum absolute atomic E-state index is 0.115. The second-order valence-corrected chi connectivity index (χ2v) is 6.45. The van der Waals surface area contributed by atoms with Gasteiger partial charge in [-0.25, -0.2) is 4.98 Å².